The fraction of sp³-hybridized carbons (Fsp3) is 0.0588. The number of fused-ring (bicyclic) bond motifs is 1. The molecule has 0 fully saturated rings. The van der Waals surface area contributed by atoms with Gasteiger partial charge in [0, 0.05) is 27.8 Å². The summed E-state index contributed by atoms with van der Waals surface area (Å²) < 4.78 is 0. The van der Waals surface area contributed by atoms with Crippen LogP contribution in [0.2, 0.25) is 0 Å². The largest absolute Gasteiger partial charge is 0.252 e. The van der Waals surface area contributed by atoms with Crippen molar-refractivity contribution >= 4 is 40.7 Å². The average Bonchev–Trinajstić information content (AvgIpc) is 2.75. The second-order valence-electron chi connectivity index (χ2n) is 4.58. The molecule has 0 atom stereocenters. The van der Waals surface area contributed by atoms with E-state index in [0.29, 0.717) is 10.1 Å². The molecule has 3 rings (SSSR count). The first-order valence-corrected chi connectivity index (χ1v) is 8.00. The van der Waals surface area contributed by atoms with Gasteiger partial charge in [0.2, 0.25) is 0 Å². The van der Waals surface area contributed by atoms with Crippen molar-refractivity contribution in [1.29, 1.82) is 0 Å². The van der Waals surface area contributed by atoms with Crippen LogP contribution < -0.4 is 0 Å². The van der Waals surface area contributed by atoms with Gasteiger partial charge >= 0.3 is 0 Å². The van der Waals surface area contributed by atoms with Crippen molar-refractivity contribution in [2.24, 2.45) is 4.99 Å². The Balaban J connectivity index is 2.20. The molecular formula is C17H11Cl2NS. The predicted octanol–water partition coefficient (Wildman–Crippen LogP) is 5.78. The van der Waals surface area contributed by atoms with Crippen molar-refractivity contribution in [3.8, 4) is 0 Å². The number of benzene rings is 1. The molecule has 2 aliphatic rings. The van der Waals surface area contributed by atoms with E-state index in [0.717, 1.165) is 22.5 Å². The van der Waals surface area contributed by atoms with Gasteiger partial charge in [-0.15, -0.1) is 5.73 Å². The summed E-state index contributed by atoms with van der Waals surface area (Å²) in [4.78, 5) is 5.89. The first-order valence-electron chi connectivity index (χ1n) is 6.36. The zero-order valence-electron chi connectivity index (χ0n) is 11.2. The quantitative estimate of drug-likeness (QED) is 0.594. The molecule has 0 radical (unpaired) electrons. The molecule has 1 aromatic carbocycles. The molecule has 21 heavy (non-hydrogen) atoms. The predicted molar refractivity (Wildman–Crippen MR) is 92.1 cm³/mol. The van der Waals surface area contributed by atoms with Gasteiger partial charge in [-0.1, -0.05) is 53.2 Å². The van der Waals surface area contributed by atoms with E-state index < -0.39 is 0 Å². The van der Waals surface area contributed by atoms with Crippen molar-refractivity contribution < 1.29 is 0 Å². The highest BCUT2D eigenvalue weighted by Crippen LogP contribution is 2.32. The van der Waals surface area contributed by atoms with Crippen LogP contribution in [-0.2, 0) is 0 Å². The van der Waals surface area contributed by atoms with E-state index in [1.165, 1.54) is 4.90 Å². The van der Waals surface area contributed by atoms with Crippen molar-refractivity contribution in [3.63, 3.8) is 0 Å². The first kappa shape index (κ1) is 14.5. The maximum atomic E-state index is 6.20. The Morgan fingerprint density at radius 3 is 2.76 bits per heavy atom. The molecular weight excluding hydrogens is 321 g/mol. The standard InChI is InChI=1S/C17H11Cl2NS/c1-11-10-21-16-8-3-2-6-13(16)17(20-11)12-5-4-7-14(18)15(19)9-12/h2-3,5-10H,1H3. The maximum absolute atomic E-state index is 6.20. The van der Waals surface area contributed by atoms with E-state index in [4.69, 9.17) is 28.2 Å². The Bertz CT molecular complexity index is 791. The third-order valence-electron chi connectivity index (χ3n) is 3.02. The lowest BCUT2D eigenvalue weighted by Gasteiger charge is -2.09. The third kappa shape index (κ3) is 3.09. The van der Waals surface area contributed by atoms with Gasteiger partial charge in [0.25, 0.3) is 0 Å². The van der Waals surface area contributed by atoms with Crippen LogP contribution >= 0.6 is 35.0 Å². The van der Waals surface area contributed by atoms with Gasteiger partial charge in [-0.05, 0) is 30.6 Å². The summed E-state index contributed by atoms with van der Waals surface area (Å²) in [6, 6.07) is 8.19. The monoisotopic (exact) mass is 331 g/mol. The summed E-state index contributed by atoms with van der Waals surface area (Å²) in [5, 5.41) is 3.02. The molecule has 0 bridgehead atoms. The number of thioether (sulfide) groups is 1. The lowest BCUT2D eigenvalue weighted by Crippen LogP contribution is -2.05. The SMILES string of the molecule is CC1=CSc2ccccc2C(C2=CC(Cl)=C(Cl)C=C=C2)=N1. The molecule has 1 aliphatic carbocycles. The third-order valence-corrected chi connectivity index (χ3v) is 4.81. The maximum Gasteiger partial charge on any atom is 0.0795 e. The average molecular weight is 332 g/mol. The molecule has 0 amide bonds. The topological polar surface area (TPSA) is 12.4 Å². The molecule has 4 heteroatoms. The van der Waals surface area contributed by atoms with E-state index in [9.17, 15) is 0 Å². The summed E-state index contributed by atoms with van der Waals surface area (Å²) in [6.07, 6.45) is 5.35. The molecule has 0 unspecified atom stereocenters. The minimum absolute atomic E-state index is 0.479. The Morgan fingerprint density at radius 2 is 1.90 bits per heavy atom. The first-order chi connectivity index (χ1) is 10.1. The molecule has 0 spiro atoms. The zero-order chi connectivity index (χ0) is 14.8. The number of hydrogen-bond acceptors (Lipinski definition) is 2. The van der Waals surface area contributed by atoms with Crippen LogP contribution in [0.1, 0.15) is 12.5 Å². The van der Waals surface area contributed by atoms with E-state index in [1.54, 1.807) is 17.8 Å². The summed E-state index contributed by atoms with van der Waals surface area (Å²) in [7, 11) is 0. The molecule has 104 valence electrons. The summed E-state index contributed by atoms with van der Waals surface area (Å²) in [6.45, 7) is 1.99. The Kier molecular flexibility index (Phi) is 4.23. The fourth-order valence-corrected chi connectivity index (χ4v) is 3.14. The highest BCUT2D eigenvalue weighted by molar-refractivity contribution is 8.02. The van der Waals surface area contributed by atoms with Gasteiger partial charge in [0.05, 0.1) is 15.8 Å². The summed E-state index contributed by atoms with van der Waals surface area (Å²) in [5.41, 5.74) is 6.87. The van der Waals surface area contributed by atoms with E-state index in [-0.39, 0.29) is 0 Å². The Morgan fingerprint density at radius 1 is 1.10 bits per heavy atom. The van der Waals surface area contributed by atoms with Gasteiger partial charge in [-0.25, -0.2) is 0 Å². The van der Waals surface area contributed by atoms with Crippen molar-refractivity contribution in [1.82, 2.24) is 0 Å². The summed E-state index contributed by atoms with van der Waals surface area (Å²) in [5.74, 6) is 0. The van der Waals surface area contributed by atoms with E-state index >= 15 is 0 Å². The van der Waals surface area contributed by atoms with Gasteiger partial charge < -0.3 is 0 Å². The van der Waals surface area contributed by atoms with E-state index in [2.05, 4.69) is 17.9 Å². The molecule has 1 nitrogen and oxygen atoms in total. The molecule has 1 aromatic rings. The van der Waals surface area contributed by atoms with E-state index in [1.807, 2.05) is 36.6 Å². The molecule has 1 aliphatic heterocycles. The van der Waals surface area contributed by atoms with Crippen LogP contribution in [0.3, 0.4) is 0 Å². The fourth-order valence-electron chi connectivity index (χ4n) is 2.05. The highest BCUT2D eigenvalue weighted by Gasteiger charge is 2.16. The second-order valence-corrected chi connectivity index (χ2v) is 6.31. The summed E-state index contributed by atoms with van der Waals surface area (Å²) >= 11 is 13.9. The van der Waals surface area contributed by atoms with Crippen molar-refractivity contribution in [3.05, 3.63) is 80.5 Å². The molecule has 0 aromatic heterocycles. The molecule has 0 saturated heterocycles. The number of nitrogens with zero attached hydrogens (tertiary/aromatic N) is 1. The Labute approximate surface area is 138 Å². The Hall–Kier alpha value is -1.44. The second kappa shape index (κ2) is 6.13. The molecule has 1 heterocycles. The van der Waals surface area contributed by atoms with Gasteiger partial charge in [-0.3, -0.25) is 4.99 Å². The van der Waals surface area contributed by atoms with Crippen LogP contribution in [0.5, 0.6) is 0 Å². The number of allylic oxidation sites excluding steroid dienone is 6. The lowest BCUT2D eigenvalue weighted by molar-refractivity contribution is 1.31. The van der Waals surface area contributed by atoms with Crippen LogP contribution in [0.25, 0.3) is 0 Å². The number of halogens is 2. The molecule has 0 N–H and O–H groups in total. The van der Waals surface area contributed by atoms with Crippen LogP contribution in [-0.4, -0.2) is 5.71 Å². The number of hydrogen-bond donors (Lipinski definition) is 0. The van der Waals surface area contributed by atoms with Gasteiger partial charge in [0.15, 0.2) is 0 Å². The van der Waals surface area contributed by atoms with Gasteiger partial charge in [-0.2, -0.15) is 0 Å². The number of rotatable bonds is 1. The smallest absolute Gasteiger partial charge is 0.0795 e. The number of aliphatic imine (C=N–C) groups is 1. The van der Waals surface area contributed by atoms with Crippen LogP contribution in [0.4, 0.5) is 0 Å². The minimum Gasteiger partial charge on any atom is -0.252 e. The zero-order valence-corrected chi connectivity index (χ0v) is 13.6. The van der Waals surface area contributed by atoms with Crippen molar-refractivity contribution in [2.75, 3.05) is 0 Å². The minimum atomic E-state index is 0.479. The van der Waals surface area contributed by atoms with Crippen LogP contribution in [0.15, 0.2) is 84.9 Å². The normalized spacial score (nSPS) is 17.6. The highest BCUT2D eigenvalue weighted by atomic mass is 35.5. The molecule has 0 saturated carbocycles. The van der Waals surface area contributed by atoms with Crippen LogP contribution in [0, 0.1) is 0 Å². The lowest BCUT2D eigenvalue weighted by atomic mass is 10.0. The van der Waals surface area contributed by atoms with Gasteiger partial charge in [0.1, 0.15) is 0 Å². The van der Waals surface area contributed by atoms with Crippen molar-refractivity contribution in [2.45, 2.75) is 11.8 Å².